The molecule has 1 amide bonds. The minimum Gasteiger partial charge on any atom is -0.497 e. The van der Waals surface area contributed by atoms with Crippen LogP contribution in [0.1, 0.15) is 11.7 Å². The summed E-state index contributed by atoms with van der Waals surface area (Å²) >= 11 is 0. The molecule has 2 saturated heterocycles. The van der Waals surface area contributed by atoms with Gasteiger partial charge in [0.2, 0.25) is 5.91 Å². The summed E-state index contributed by atoms with van der Waals surface area (Å²) in [4.78, 5) is 16.9. The molecule has 2 aromatic carbocycles. The number of hydrogen-bond donors (Lipinski definition) is 1. The van der Waals surface area contributed by atoms with E-state index in [9.17, 15) is 4.79 Å². The second-order valence-corrected chi connectivity index (χ2v) is 7.20. The zero-order valence-electron chi connectivity index (χ0n) is 15.8. The molecule has 6 heteroatoms. The van der Waals surface area contributed by atoms with Gasteiger partial charge in [0, 0.05) is 32.7 Å². The van der Waals surface area contributed by atoms with Gasteiger partial charge < -0.3 is 19.7 Å². The number of benzene rings is 2. The van der Waals surface area contributed by atoms with Crippen molar-refractivity contribution in [3.8, 4) is 5.75 Å². The molecule has 2 heterocycles. The van der Waals surface area contributed by atoms with Crippen LogP contribution in [-0.4, -0.2) is 75.2 Å². The summed E-state index contributed by atoms with van der Waals surface area (Å²) in [6.07, 6.45) is -0.0720. The largest absolute Gasteiger partial charge is 0.497 e. The average Bonchev–Trinajstić information content (AvgIpc) is 2.73. The van der Waals surface area contributed by atoms with Crippen molar-refractivity contribution < 1.29 is 14.3 Å². The van der Waals surface area contributed by atoms with Gasteiger partial charge in [0.1, 0.15) is 11.9 Å². The second kappa shape index (κ2) is 8.25. The normalized spacial score (nSPS) is 21.4. The number of fused-ring (bicyclic) bond motifs is 1. The number of morpholine rings is 1. The quantitative estimate of drug-likeness (QED) is 0.888. The van der Waals surface area contributed by atoms with Gasteiger partial charge in [-0.05, 0) is 34.5 Å². The Hall–Kier alpha value is -2.15. The van der Waals surface area contributed by atoms with Gasteiger partial charge in [-0.1, -0.05) is 18.2 Å². The molecular weight excluding hydrogens is 342 g/mol. The van der Waals surface area contributed by atoms with Crippen LogP contribution in [0, 0.1) is 0 Å². The van der Waals surface area contributed by atoms with Crippen LogP contribution >= 0.6 is 0 Å². The second-order valence-electron chi connectivity index (χ2n) is 7.20. The molecule has 0 unspecified atom stereocenters. The lowest BCUT2D eigenvalue weighted by molar-refractivity contribution is -0.140. The van der Waals surface area contributed by atoms with Gasteiger partial charge in [0.15, 0.2) is 0 Å². The van der Waals surface area contributed by atoms with E-state index in [1.165, 1.54) is 0 Å². The minimum atomic E-state index is -0.0720. The van der Waals surface area contributed by atoms with Crippen molar-refractivity contribution in [2.45, 2.75) is 6.10 Å². The lowest BCUT2D eigenvalue weighted by atomic mass is 10.0. The van der Waals surface area contributed by atoms with Gasteiger partial charge >= 0.3 is 0 Å². The monoisotopic (exact) mass is 369 g/mol. The highest BCUT2D eigenvalue weighted by Crippen LogP contribution is 2.28. The molecule has 6 nitrogen and oxygen atoms in total. The number of methoxy groups -OCH3 is 1. The maximum Gasteiger partial charge on any atom is 0.236 e. The molecule has 0 aliphatic carbocycles. The fourth-order valence-corrected chi connectivity index (χ4v) is 3.81. The van der Waals surface area contributed by atoms with E-state index >= 15 is 0 Å². The van der Waals surface area contributed by atoms with E-state index in [1.54, 1.807) is 7.11 Å². The van der Waals surface area contributed by atoms with Crippen molar-refractivity contribution >= 4 is 16.7 Å². The summed E-state index contributed by atoms with van der Waals surface area (Å²) in [5.74, 6) is 1.06. The molecule has 27 heavy (non-hydrogen) atoms. The van der Waals surface area contributed by atoms with Gasteiger partial charge in [0.05, 0.1) is 26.8 Å². The van der Waals surface area contributed by atoms with Crippen molar-refractivity contribution in [2.24, 2.45) is 0 Å². The van der Waals surface area contributed by atoms with Crippen molar-refractivity contribution in [3.63, 3.8) is 0 Å². The van der Waals surface area contributed by atoms with Crippen LogP contribution in [0.15, 0.2) is 36.4 Å². The van der Waals surface area contributed by atoms with E-state index in [-0.39, 0.29) is 12.0 Å². The molecule has 0 radical (unpaired) electrons. The summed E-state index contributed by atoms with van der Waals surface area (Å²) in [5.41, 5.74) is 1.12. The minimum absolute atomic E-state index is 0.0720. The molecule has 0 saturated carbocycles. The molecule has 2 aromatic rings. The molecule has 0 spiro atoms. The zero-order valence-corrected chi connectivity index (χ0v) is 15.8. The Morgan fingerprint density at radius 2 is 1.93 bits per heavy atom. The number of piperazine rings is 1. The van der Waals surface area contributed by atoms with Crippen molar-refractivity contribution in [3.05, 3.63) is 42.0 Å². The lowest BCUT2D eigenvalue weighted by Gasteiger charge is -2.35. The number of amides is 1. The Balaban J connectivity index is 1.44. The smallest absolute Gasteiger partial charge is 0.236 e. The van der Waals surface area contributed by atoms with Gasteiger partial charge in [-0.2, -0.15) is 0 Å². The third kappa shape index (κ3) is 4.24. The molecule has 0 bridgehead atoms. The van der Waals surface area contributed by atoms with E-state index in [1.807, 2.05) is 17.0 Å². The summed E-state index contributed by atoms with van der Waals surface area (Å²) in [6, 6.07) is 12.4. The van der Waals surface area contributed by atoms with Crippen molar-refractivity contribution in [1.29, 1.82) is 0 Å². The molecule has 144 valence electrons. The molecule has 2 aliphatic rings. The zero-order chi connectivity index (χ0) is 18.6. The summed E-state index contributed by atoms with van der Waals surface area (Å²) in [6.45, 7) is 6.17. The van der Waals surface area contributed by atoms with E-state index < -0.39 is 0 Å². The van der Waals surface area contributed by atoms with E-state index in [2.05, 4.69) is 34.5 Å². The summed E-state index contributed by atoms with van der Waals surface area (Å²) in [7, 11) is 1.68. The van der Waals surface area contributed by atoms with E-state index in [4.69, 9.17) is 9.47 Å². The number of nitrogens with one attached hydrogen (secondary N) is 1. The van der Waals surface area contributed by atoms with Gasteiger partial charge in [-0.25, -0.2) is 0 Å². The molecule has 1 N–H and O–H groups in total. The van der Waals surface area contributed by atoms with Crippen LogP contribution in [0.2, 0.25) is 0 Å². The van der Waals surface area contributed by atoms with Crippen molar-refractivity contribution in [2.75, 3.05) is 59.5 Å². The number of carbonyl (C=O) groups excluding carboxylic acids is 1. The molecule has 1 atom stereocenters. The number of rotatable bonds is 4. The average molecular weight is 369 g/mol. The first-order valence-corrected chi connectivity index (χ1v) is 9.63. The Labute approximate surface area is 160 Å². The Morgan fingerprint density at radius 3 is 2.74 bits per heavy atom. The lowest BCUT2D eigenvalue weighted by Crippen LogP contribution is -2.50. The highest BCUT2D eigenvalue weighted by molar-refractivity contribution is 5.84. The molecule has 2 aliphatic heterocycles. The summed E-state index contributed by atoms with van der Waals surface area (Å²) in [5, 5.41) is 5.62. The Kier molecular flexibility index (Phi) is 5.57. The molecule has 4 rings (SSSR count). The first-order valence-electron chi connectivity index (χ1n) is 9.63. The Bertz CT molecular complexity index is 804. The van der Waals surface area contributed by atoms with Crippen LogP contribution < -0.4 is 10.1 Å². The first kappa shape index (κ1) is 18.2. The number of carbonyl (C=O) groups is 1. The fraction of sp³-hybridized carbons (Fsp3) is 0.476. The highest BCUT2D eigenvalue weighted by atomic mass is 16.5. The maximum atomic E-state index is 12.7. The molecular formula is C21H27N3O3. The first-order chi connectivity index (χ1) is 13.2. The fourth-order valence-electron chi connectivity index (χ4n) is 3.81. The topological polar surface area (TPSA) is 54.0 Å². The number of nitrogens with zero attached hydrogens (tertiary/aromatic N) is 2. The SMILES string of the molecule is COc1ccc2cc([C@@H]3CN(C(=O)CN4CCNCC4)CCO3)ccc2c1. The van der Waals surface area contributed by atoms with Crippen LogP contribution in [0.4, 0.5) is 0 Å². The highest BCUT2D eigenvalue weighted by Gasteiger charge is 2.26. The predicted octanol–water partition coefficient (Wildman–Crippen LogP) is 1.65. The Morgan fingerprint density at radius 1 is 1.15 bits per heavy atom. The third-order valence-corrected chi connectivity index (χ3v) is 5.43. The third-order valence-electron chi connectivity index (χ3n) is 5.43. The number of hydrogen-bond acceptors (Lipinski definition) is 5. The molecule has 2 fully saturated rings. The predicted molar refractivity (Wildman–Crippen MR) is 105 cm³/mol. The van der Waals surface area contributed by atoms with Gasteiger partial charge in [-0.15, -0.1) is 0 Å². The van der Waals surface area contributed by atoms with E-state index in [0.29, 0.717) is 26.2 Å². The number of ether oxygens (including phenoxy) is 2. The van der Waals surface area contributed by atoms with Crippen LogP contribution in [0.25, 0.3) is 10.8 Å². The molecule has 0 aromatic heterocycles. The van der Waals surface area contributed by atoms with Crippen molar-refractivity contribution in [1.82, 2.24) is 15.1 Å². The maximum absolute atomic E-state index is 12.7. The van der Waals surface area contributed by atoms with Crippen LogP contribution in [0.5, 0.6) is 5.75 Å². The van der Waals surface area contributed by atoms with Gasteiger partial charge in [-0.3, -0.25) is 9.69 Å². The van der Waals surface area contributed by atoms with Crippen LogP contribution in [-0.2, 0) is 9.53 Å². The van der Waals surface area contributed by atoms with Gasteiger partial charge in [0.25, 0.3) is 0 Å². The van der Waals surface area contributed by atoms with Crippen LogP contribution in [0.3, 0.4) is 0 Å². The standard InChI is InChI=1S/C21H27N3O3/c1-26-19-5-4-16-12-18(3-2-17(16)13-19)20-14-24(10-11-27-20)21(25)15-23-8-6-22-7-9-23/h2-5,12-13,20,22H,6-11,14-15H2,1H3/t20-/m0/s1. The summed E-state index contributed by atoms with van der Waals surface area (Å²) < 4.78 is 11.3. The van der Waals surface area contributed by atoms with E-state index in [0.717, 1.165) is 48.3 Å².